The van der Waals surface area contributed by atoms with Crippen LogP contribution >= 0.6 is 0 Å². The van der Waals surface area contributed by atoms with E-state index >= 15 is 0 Å². The zero-order chi connectivity index (χ0) is 12.3. The topological polar surface area (TPSA) is 43.1 Å². The van der Waals surface area contributed by atoms with Gasteiger partial charge in [-0.05, 0) is 42.0 Å². The third-order valence-electron chi connectivity index (χ3n) is 2.35. The van der Waals surface area contributed by atoms with E-state index in [9.17, 15) is 8.60 Å². The predicted octanol–water partition coefficient (Wildman–Crippen LogP) is 2.72. The average molecular weight is 249 g/mol. The van der Waals surface area contributed by atoms with Gasteiger partial charge in [0.05, 0.1) is 16.6 Å². The summed E-state index contributed by atoms with van der Waals surface area (Å²) in [6.45, 7) is 0. The number of hydrogen-bond acceptors (Lipinski definition) is 2. The minimum atomic E-state index is -1.16. The van der Waals surface area contributed by atoms with Crippen LogP contribution in [0.15, 0.2) is 53.4 Å². The highest BCUT2D eigenvalue weighted by Crippen LogP contribution is 2.14. The number of rotatable bonds is 3. The van der Waals surface area contributed by atoms with Gasteiger partial charge in [0, 0.05) is 10.6 Å². The van der Waals surface area contributed by atoms with E-state index in [2.05, 4.69) is 0 Å². The summed E-state index contributed by atoms with van der Waals surface area (Å²) in [5, 5.41) is 0. The molecule has 17 heavy (non-hydrogen) atoms. The standard InChI is InChI=1S/C13H12FNOS/c14-11-3-7-13(8-4-11)17(16)9-10-1-5-12(15)6-2-10/h1-8H,9,15H2. The van der Waals surface area contributed by atoms with E-state index in [-0.39, 0.29) is 5.82 Å². The van der Waals surface area contributed by atoms with Gasteiger partial charge in [-0.1, -0.05) is 12.1 Å². The van der Waals surface area contributed by atoms with E-state index in [1.54, 1.807) is 24.3 Å². The molecule has 0 aliphatic rings. The van der Waals surface area contributed by atoms with Crippen molar-refractivity contribution >= 4 is 16.5 Å². The second-order valence-corrected chi connectivity index (χ2v) is 5.14. The van der Waals surface area contributed by atoms with Crippen molar-refractivity contribution in [2.45, 2.75) is 10.6 Å². The number of hydrogen-bond donors (Lipinski definition) is 1. The van der Waals surface area contributed by atoms with Crippen LogP contribution in [0.5, 0.6) is 0 Å². The molecule has 0 fully saturated rings. The first kappa shape index (κ1) is 11.8. The normalized spacial score (nSPS) is 12.3. The molecule has 0 bridgehead atoms. The zero-order valence-electron chi connectivity index (χ0n) is 9.10. The van der Waals surface area contributed by atoms with E-state index in [4.69, 9.17) is 5.73 Å². The predicted molar refractivity (Wildman–Crippen MR) is 67.4 cm³/mol. The third-order valence-corrected chi connectivity index (χ3v) is 3.75. The van der Waals surface area contributed by atoms with Crippen molar-refractivity contribution < 1.29 is 8.60 Å². The first-order valence-corrected chi connectivity index (χ1v) is 6.45. The van der Waals surface area contributed by atoms with Gasteiger partial charge in [0.15, 0.2) is 0 Å². The van der Waals surface area contributed by atoms with Crippen LogP contribution in [0.3, 0.4) is 0 Å². The van der Waals surface area contributed by atoms with Gasteiger partial charge in [0.1, 0.15) is 5.82 Å². The molecule has 2 aromatic rings. The molecule has 2 nitrogen and oxygen atoms in total. The number of benzene rings is 2. The lowest BCUT2D eigenvalue weighted by Crippen LogP contribution is -1.97. The molecule has 0 amide bonds. The number of nitrogen functional groups attached to an aromatic ring is 1. The summed E-state index contributed by atoms with van der Waals surface area (Å²) in [4.78, 5) is 0.628. The highest BCUT2D eigenvalue weighted by atomic mass is 32.2. The van der Waals surface area contributed by atoms with Crippen molar-refractivity contribution in [2.75, 3.05) is 5.73 Å². The number of nitrogens with two attached hydrogens (primary N) is 1. The molecule has 2 aromatic carbocycles. The molecule has 88 valence electrons. The van der Waals surface area contributed by atoms with Gasteiger partial charge in [-0.2, -0.15) is 0 Å². The van der Waals surface area contributed by atoms with Crippen LogP contribution in [0.1, 0.15) is 5.56 Å². The Labute approximate surface area is 102 Å². The smallest absolute Gasteiger partial charge is 0.123 e. The summed E-state index contributed by atoms with van der Waals surface area (Å²) in [7, 11) is -1.16. The fourth-order valence-electron chi connectivity index (χ4n) is 1.43. The second-order valence-electron chi connectivity index (χ2n) is 3.69. The van der Waals surface area contributed by atoms with Gasteiger partial charge < -0.3 is 5.73 Å². The van der Waals surface area contributed by atoms with Crippen molar-refractivity contribution in [3.63, 3.8) is 0 Å². The molecule has 2 N–H and O–H groups in total. The zero-order valence-corrected chi connectivity index (χ0v) is 9.91. The summed E-state index contributed by atoms with van der Waals surface area (Å²) in [6, 6.07) is 13.0. The summed E-state index contributed by atoms with van der Waals surface area (Å²) in [6.07, 6.45) is 0. The van der Waals surface area contributed by atoms with Gasteiger partial charge in [-0.25, -0.2) is 4.39 Å². The maximum Gasteiger partial charge on any atom is 0.123 e. The third kappa shape index (κ3) is 3.14. The Morgan fingerprint density at radius 1 is 1.00 bits per heavy atom. The average Bonchev–Trinajstić information content (AvgIpc) is 2.33. The summed E-state index contributed by atoms with van der Waals surface area (Å²) < 4.78 is 24.7. The fraction of sp³-hybridized carbons (Fsp3) is 0.0769. The molecule has 0 aliphatic heterocycles. The second kappa shape index (κ2) is 5.10. The molecule has 0 aromatic heterocycles. The van der Waals surface area contributed by atoms with Crippen molar-refractivity contribution in [1.29, 1.82) is 0 Å². The summed E-state index contributed by atoms with van der Waals surface area (Å²) >= 11 is 0. The lowest BCUT2D eigenvalue weighted by atomic mass is 10.2. The lowest BCUT2D eigenvalue weighted by Gasteiger charge is -2.03. The molecule has 0 aliphatic carbocycles. The Hall–Kier alpha value is -1.68. The molecule has 0 heterocycles. The monoisotopic (exact) mass is 249 g/mol. The highest BCUT2D eigenvalue weighted by molar-refractivity contribution is 7.84. The van der Waals surface area contributed by atoms with Crippen LogP contribution in [0.4, 0.5) is 10.1 Å². The van der Waals surface area contributed by atoms with Crippen LogP contribution in [-0.2, 0) is 16.6 Å². The van der Waals surface area contributed by atoms with Crippen LogP contribution in [0.25, 0.3) is 0 Å². The van der Waals surface area contributed by atoms with Gasteiger partial charge in [-0.3, -0.25) is 4.21 Å². The van der Waals surface area contributed by atoms with Crippen LogP contribution in [0.2, 0.25) is 0 Å². The van der Waals surface area contributed by atoms with Crippen LogP contribution < -0.4 is 5.73 Å². The van der Waals surface area contributed by atoms with Gasteiger partial charge in [-0.15, -0.1) is 0 Å². The van der Waals surface area contributed by atoms with E-state index in [0.717, 1.165) is 5.56 Å². The SMILES string of the molecule is Nc1ccc(CS(=O)c2ccc(F)cc2)cc1. The van der Waals surface area contributed by atoms with Crippen molar-refractivity contribution in [2.24, 2.45) is 0 Å². The van der Waals surface area contributed by atoms with Crippen molar-refractivity contribution in [3.8, 4) is 0 Å². The van der Waals surface area contributed by atoms with Gasteiger partial charge >= 0.3 is 0 Å². The van der Waals surface area contributed by atoms with Gasteiger partial charge in [0.2, 0.25) is 0 Å². The first-order chi connectivity index (χ1) is 8.15. The van der Waals surface area contributed by atoms with Gasteiger partial charge in [0.25, 0.3) is 0 Å². The molecule has 1 unspecified atom stereocenters. The molecule has 2 rings (SSSR count). The Morgan fingerprint density at radius 3 is 2.18 bits per heavy atom. The minimum absolute atomic E-state index is 0.321. The molecular weight excluding hydrogens is 237 g/mol. The van der Waals surface area contributed by atoms with E-state index < -0.39 is 10.8 Å². The van der Waals surface area contributed by atoms with E-state index in [1.807, 2.05) is 12.1 Å². The number of anilines is 1. The fourth-order valence-corrected chi connectivity index (χ4v) is 2.54. The minimum Gasteiger partial charge on any atom is -0.399 e. The summed E-state index contributed by atoms with van der Waals surface area (Å²) in [5.41, 5.74) is 7.20. The molecule has 0 saturated heterocycles. The maximum atomic E-state index is 12.7. The van der Waals surface area contributed by atoms with Crippen LogP contribution in [0, 0.1) is 5.82 Å². The van der Waals surface area contributed by atoms with Crippen molar-refractivity contribution in [1.82, 2.24) is 0 Å². The Kier molecular flexibility index (Phi) is 3.54. The van der Waals surface area contributed by atoms with Crippen molar-refractivity contribution in [3.05, 3.63) is 59.9 Å². The molecule has 1 atom stereocenters. The first-order valence-electron chi connectivity index (χ1n) is 5.13. The van der Waals surface area contributed by atoms with E-state index in [0.29, 0.717) is 16.3 Å². The summed E-state index contributed by atoms with van der Waals surface area (Å²) in [5.74, 6) is 0.0876. The molecule has 0 radical (unpaired) electrons. The largest absolute Gasteiger partial charge is 0.399 e. The lowest BCUT2D eigenvalue weighted by molar-refractivity contribution is 0.626. The Bertz CT molecular complexity index is 522. The quantitative estimate of drug-likeness (QED) is 0.850. The van der Waals surface area contributed by atoms with Crippen LogP contribution in [-0.4, -0.2) is 4.21 Å². The highest BCUT2D eigenvalue weighted by Gasteiger charge is 2.05. The maximum absolute atomic E-state index is 12.7. The van der Waals surface area contributed by atoms with E-state index in [1.165, 1.54) is 12.1 Å². The molecular formula is C13H12FNOS. The Morgan fingerprint density at radius 2 is 1.59 bits per heavy atom. The molecule has 4 heteroatoms. The molecule has 0 spiro atoms. The Balaban J connectivity index is 2.11. The molecule has 0 saturated carbocycles. The number of halogens is 1.